The maximum absolute atomic E-state index is 12.8. The van der Waals surface area contributed by atoms with Crippen LogP contribution >= 0.6 is 11.3 Å². The van der Waals surface area contributed by atoms with E-state index in [2.05, 4.69) is 30.8 Å². The number of aromatic nitrogens is 2. The van der Waals surface area contributed by atoms with Crippen molar-refractivity contribution in [1.82, 2.24) is 15.3 Å². The van der Waals surface area contributed by atoms with E-state index < -0.39 is 0 Å². The van der Waals surface area contributed by atoms with Crippen LogP contribution in [0.4, 0.5) is 27.9 Å². The summed E-state index contributed by atoms with van der Waals surface area (Å²) < 4.78 is 0. The van der Waals surface area contributed by atoms with Crippen LogP contribution in [-0.4, -0.2) is 53.8 Å². The highest BCUT2D eigenvalue weighted by molar-refractivity contribution is 7.14. The van der Waals surface area contributed by atoms with Crippen LogP contribution in [-0.2, 0) is 0 Å². The summed E-state index contributed by atoms with van der Waals surface area (Å²) in [6.07, 6.45) is 3.40. The van der Waals surface area contributed by atoms with Gasteiger partial charge in [0.1, 0.15) is 5.69 Å². The largest absolute Gasteiger partial charge is 0.367 e. The summed E-state index contributed by atoms with van der Waals surface area (Å²) in [6, 6.07) is 9.30. The average molecular weight is 440 g/mol. The van der Waals surface area contributed by atoms with Crippen LogP contribution in [0.2, 0.25) is 0 Å². The molecule has 0 atom stereocenters. The summed E-state index contributed by atoms with van der Waals surface area (Å²) in [5, 5.41) is 23.0. The Bertz CT molecular complexity index is 1040. The molecule has 31 heavy (non-hydrogen) atoms. The van der Waals surface area contributed by atoms with Crippen molar-refractivity contribution in [2.45, 2.75) is 6.92 Å². The van der Waals surface area contributed by atoms with Crippen molar-refractivity contribution in [2.24, 2.45) is 0 Å². The minimum Gasteiger partial charge on any atom is -0.367 e. The van der Waals surface area contributed by atoms with Crippen LogP contribution in [0.25, 0.3) is 0 Å². The first-order valence-electron chi connectivity index (χ1n) is 10.1. The van der Waals surface area contributed by atoms with Gasteiger partial charge in [0.25, 0.3) is 5.91 Å². The summed E-state index contributed by atoms with van der Waals surface area (Å²) in [6.45, 7) is 5.86. The van der Waals surface area contributed by atoms with Gasteiger partial charge in [-0.3, -0.25) is 20.0 Å². The lowest BCUT2D eigenvalue weighted by Crippen LogP contribution is -2.43. The Morgan fingerprint density at radius 1 is 1.26 bits per heavy atom. The van der Waals surface area contributed by atoms with Crippen molar-refractivity contribution >= 4 is 45.1 Å². The van der Waals surface area contributed by atoms with E-state index in [1.807, 2.05) is 37.3 Å². The number of hydrogen-bond acceptors (Lipinski definition) is 9. The lowest BCUT2D eigenvalue weighted by atomic mass is 10.2. The molecule has 3 aromatic rings. The molecule has 1 aliphatic heterocycles. The zero-order valence-corrected chi connectivity index (χ0v) is 18.0. The number of pyridine rings is 1. The topological polar surface area (TPSA) is 106 Å². The highest BCUT2D eigenvalue weighted by atomic mass is 32.1. The van der Waals surface area contributed by atoms with Crippen LogP contribution < -0.4 is 25.9 Å². The number of nitrogens with one attached hydrogen (secondary N) is 3. The normalized spacial score (nSPS) is 13.7. The number of hydroxylamine groups is 1. The second kappa shape index (κ2) is 9.73. The number of piperazine rings is 1. The lowest BCUT2D eigenvalue weighted by molar-refractivity contribution is 0.102. The Morgan fingerprint density at radius 2 is 2.06 bits per heavy atom. The fourth-order valence-corrected chi connectivity index (χ4v) is 4.08. The van der Waals surface area contributed by atoms with Gasteiger partial charge in [-0.2, -0.15) is 0 Å². The molecule has 2 aromatic heterocycles. The van der Waals surface area contributed by atoms with Crippen molar-refractivity contribution < 1.29 is 10.0 Å². The molecular formula is C21H25N7O2S. The first-order chi connectivity index (χ1) is 15.2. The van der Waals surface area contributed by atoms with Crippen LogP contribution in [0.5, 0.6) is 0 Å². The van der Waals surface area contributed by atoms with Crippen LogP contribution in [0.3, 0.4) is 0 Å². The van der Waals surface area contributed by atoms with Crippen molar-refractivity contribution in [3.8, 4) is 0 Å². The van der Waals surface area contributed by atoms with Crippen molar-refractivity contribution in [2.75, 3.05) is 53.3 Å². The van der Waals surface area contributed by atoms with E-state index in [1.54, 1.807) is 17.8 Å². The number of carbonyl (C=O) groups is 1. The van der Waals surface area contributed by atoms with E-state index >= 15 is 0 Å². The second-order valence-electron chi connectivity index (χ2n) is 6.98. The van der Waals surface area contributed by atoms with Gasteiger partial charge in [-0.15, -0.1) is 11.3 Å². The highest BCUT2D eigenvalue weighted by Crippen LogP contribution is 2.30. The fourth-order valence-electron chi connectivity index (χ4n) is 3.38. The summed E-state index contributed by atoms with van der Waals surface area (Å²) in [5.41, 5.74) is 3.29. The SMILES string of the molecule is CCN(O)c1ccccc1Nc1nc(C(=O)Nc2cnccc2N2CCNCC2)cs1. The Kier molecular flexibility index (Phi) is 6.60. The molecule has 1 saturated heterocycles. The van der Waals surface area contributed by atoms with Crippen molar-refractivity contribution in [3.05, 3.63) is 53.8 Å². The molecule has 0 aliphatic carbocycles. The van der Waals surface area contributed by atoms with Crippen LogP contribution in [0, 0.1) is 0 Å². The average Bonchev–Trinajstić information content (AvgIpc) is 3.28. The number of anilines is 5. The maximum Gasteiger partial charge on any atom is 0.275 e. The van der Waals surface area contributed by atoms with Crippen molar-refractivity contribution in [1.29, 1.82) is 0 Å². The van der Waals surface area contributed by atoms with E-state index in [1.165, 1.54) is 11.3 Å². The van der Waals surface area contributed by atoms with Gasteiger partial charge in [-0.1, -0.05) is 12.1 Å². The van der Waals surface area contributed by atoms with Crippen molar-refractivity contribution in [3.63, 3.8) is 0 Å². The first kappa shape index (κ1) is 21.0. The number of nitrogens with zero attached hydrogens (tertiary/aromatic N) is 4. The summed E-state index contributed by atoms with van der Waals surface area (Å²) in [7, 11) is 0. The molecule has 0 unspecified atom stereocenters. The molecule has 1 aromatic carbocycles. The molecule has 162 valence electrons. The maximum atomic E-state index is 12.8. The Hall–Kier alpha value is -3.21. The van der Waals surface area contributed by atoms with E-state index in [0.717, 1.165) is 36.9 Å². The minimum absolute atomic E-state index is 0.292. The molecule has 4 N–H and O–H groups in total. The predicted octanol–water partition coefficient (Wildman–Crippen LogP) is 3.16. The van der Waals surface area contributed by atoms with Gasteiger partial charge in [-0.05, 0) is 25.1 Å². The third-order valence-electron chi connectivity index (χ3n) is 4.96. The summed E-state index contributed by atoms with van der Waals surface area (Å²) in [4.78, 5) is 23.7. The third kappa shape index (κ3) is 4.93. The minimum atomic E-state index is -0.292. The number of thiazole rings is 1. The molecule has 9 nitrogen and oxygen atoms in total. The van der Waals surface area contributed by atoms with E-state index in [0.29, 0.717) is 34.4 Å². The Morgan fingerprint density at radius 3 is 2.87 bits per heavy atom. The molecule has 10 heteroatoms. The Labute approximate surface area is 184 Å². The second-order valence-corrected chi connectivity index (χ2v) is 7.84. The van der Waals surface area contributed by atoms with Crippen LogP contribution in [0.15, 0.2) is 48.1 Å². The van der Waals surface area contributed by atoms with Crippen LogP contribution in [0.1, 0.15) is 17.4 Å². The van der Waals surface area contributed by atoms with Gasteiger partial charge in [0, 0.05) is 44.3 Å². The fraction of sp³-hybridized carbons (Fsp3) is 0.286. The molecule has 0 spiro atoms. The standard InChI is InChI=1S/C21H25N7O2S/c1-2-28(30)19-6-4-3-5-15(19)25-21-26-17(14-31-21)20(29)24-16-13-23-8-7-18(16)27-11-9-22-10-12-27/h3-8,13-14,22,30H,2,9-12H2,1H3,(H,24,29)(H,25,26). The molecule has 0 radical (unpaired) electrons. The number of amides is 1. The number of carbonyl (C=O) groups excluding carboxylic acids is 1. The number of rotatable bonds is 7. The van der Waals surface area contributed by atoms with Gasteiger partial charge in [0.2, 0.25) is 0 Å². The van der Waals surface area contributed by atoms with E-state index in [-0.39, 0.29) is 5.91 Å². The summed E-state index contributed by atoms with van der Waals surface area (Å²) in [5.74, 6) is -0.292. The lowest BCUT2D eigenvalue weighted by Gasteiger charge is -2.30. The number of hydrogen-bond donors (Lipinski definition) is 4. The first-order valence-corrected chi connectivity index (χ1v) is 11.0. The van der Waals surface area contributed by atoms with E-state index in [4.69, 9.17) is 0 Å². The zero-order chi connectivity index (χ0) is 21.6. The molecule has 3 heterocycles. The van der Waals surface area contributed by atoms with Gasteiger partial charge in [-0.25, -0.2) is 4.98 Å². The molecule has 0 bridgehead atoms. The Balaban J connectivity index is 1.48. The highest BCUT2D eigenvalue weighted by Gasteiger charge is 2.18. The molecule has 1 fully saturated rings. The van der Waals surface area contributed by atoms with Gasteiger partial charge >= 0.3 is 0 Å². The van der Waals surface area contributed by atoms with E-state index in [9.17, 15) is 10.0 Å². The predicted molar refractivity (Wildman–Crippen MR) is 124 cm³/mol. The molecule has 1 aliphatic rings. The summed E-state index contributed by atoms with van der Waals surface area (Å²) >= 11 is 1.33. The molecule has 0 saturated carbocycles. The monoisotopic (exact) mass is 439 g/mol. The quantitative estimate of drug-likeness (QED) is 0.416. The number of para-hydroxylation sites is 2. The molecule has 4 rings (SSSR count). The third-order valence-corrected chi connectivity index (χ3v) is 5.72. The molecule has 1 amide bonds. The number of benzene rings is 1. The van der Waals surface area contributed by atoms with Gasteiger partial charge < -0.3 is 20.9 Å². The smallest absolute Gasteiger partial charge is 0.275 e. The van der Waals surface area contributed by atoms with Gasteiger partial charge in [0.15, 0.2) is 5.13 Å². The van der Waals surface area contributed by atoms with Gasteiger partial charge in [0.05, 0.1) is 28.9 Å². The zero-order valence-electron chi connectivity index (χ0n) is 17.2. The molecular weight excluding hydrogens is 414 g/mol.